The molecule has 0 radical (unpaired) electrons. The van der Waals surface area contributed by atoms with Gasteiger partial charge in [-0.25, -0.2) is 4.79 Å². The molecule has 5 atom stereocenters. The molecule has 2 saturated carbocycles. The number of rotatable bonds is 4. The summed E-state index contributed by atoms with van der Waals surface area (Å²) in [5.41, 5.74) is -0.427. The number of amides is 1. The molecule has 2 rings (SSSR count). The van der Waals surface area contributed by atoms with Crippen LogP contribution in [0.25, 0.3) is 0 Å². The summed E-state index contributed by atoms with van der Waals surface area (Å²) in [7, 11) is 0. The molecule has 2 N–H and O–H groups in total. The molecule has 0 aromatic heterocycles. The Balaban J connectivity index is 1.82. The van der Waals surface area contributed by atoms with Crippen molar-refractivity contribution in [1.29, 1.82) is 0 Å². The lowest BCUT2D eigenvalue weighted by molar-refractivity contribution is 0.0509. The number of alkyl carbamates (subject to hydrolysis) is 1. The molecule has 0 aliphatic heterocycles. The third-order valence-corrected chi connectivity index (χ3v) is 5.71. The second-order valence-corrected chi connectivity index (χ2v) is 8.72. The number of carbonyl (C=O) groups excluding carboxylic acids is 1. The highest BCUT2D eigenvalue weighted by Gasteiger charge is 2.34. The maximum atomic E-state index is 11.9. The van der Waals surface area contributed by atoms with Gasteiger partial charge in [0.05, 0.1) is 0 Å². The zero-order valence-corrected chi connectivity index (χ0v) is 15.7. The molecule has 2 aliphatic rings. The van der Waals surface area contributed by atoms with Gasteiger partial charge in [0.15, 0.2) is 0 Å². The molecule has 2 aliphatic carbocycles. The second-order valence-electron chi connectivity index (χ2n) is 8.72. The molecule has 0 aromatic carbocycles. The molecule has 0 heterocycles. The molecule has 1 amide bonds. The molecule has 4 nitrogen and oxygen atoms in total. The van der Waals surface area contributed by atoms with E-state index in [1.807, 2.05) is 20.8 Å². The Bertz CT molecular complexity index is 391. The first-order chi connectivity index (χ1) is 10.8. The normalized spacial score (nSPS) is 35.1. The average Bonchev–Trinajstić information content (AvgIpc) is 2.77. The summed E-state index contributed by atoms with van der Waals surface area (Å²) >= 11 is 0. The fourth-order valence-corrected chi connectivity index (χ4v) is 4.07. The number of hydrogen-bond donors (Lipinski definition) is 2. The third kappa shape index (κ3) is 5.66. The lowest BCUT2D eigenvalue weighted by Crippen LogP contribution is -2.49. The standard InChI is InChI=1S/C19H36N2O2/c1-13-10-11-16(14(13)2)21-17-9-7-6-8-15(17)12-20-18(22)23-19(3,4)5/h13-17,21H,6-12H2,1-5H3,(H,20,22). The molecule has 0 aromatic rings. The van der Waals surface area contributed by atoms with E-state index in [9.17, 15) is 4.79 Å². The van der Waals surface area contributed by atoms with Crippen LogP contribution < -0.4 is 10.6 Å². The van der Waals surface area contributed by atoms with Crippen molar-refractivity contribution in [3.63, 3.8) is 0 Å². The van der Waals surface area contributed by atoms with Crippen molar-refractivity contribution in [2.45, 2.75) is 90.8 Å². The van der Waals surface area contributed by atoms with E-state index < -0.39 is 5.60 Å². The number of ether oxygens (including phenoxy) is 1. The van der Waals surface area contributed by atoms with E-state index in [1.54, 1.807) is 0 Å². The largest absolute Gasteiger partial charge is 0.444 e. The van der Waals surface area contributed by atoms with Gasteiger partial charge in [-0.1, -0.05) is 26.7 Å². The van der Waals surface area contributed by atoms with Gasteiger partial charge in [0.25, 0.3) is 0 Å². The van der Waals surface area contributed by atoms with Gasteiger partial charge in [-0.2, -0.15) is 0 Å². The Kier molecular flexibility index (Phi) is 6.35. The highest BCUT2D eigenvalue weighted by Crippen LogP contribution is 2.33. The fourth-order valence-electron chi connectivity index (χ4n) is 4.07. The Morgan fingerprint density at radius 1 is 1.04 bits per heavy atom. The lowest BCUT2D eigenvalue weighted by atomic mass is 9.83. The predicted molar refractivity (Wildman–Crippen MR) is 94.5 cm³/mol. The van der Waals surface area contributed by atoms with Gasteiger partial charge in [-0.15, -0.1) is 0 Å². The molecule has 5 unspecified atom stereocenters. The highest BCUT2D eigenvalue weighted by atomic mass is 16.6. The predicted octanol–water partition coefficient (Wildman–Crippen LogP) is 4.09. The molecule has 23 heavy (non-hydrogen) atoms. The topological polar surface area (TPSA) is 50.4 Å². The second kappa shape index (κ2) is 7.87. The molecule has 4 heteroatoms. The van der Waals surface area contributed by atoms with Gasteiger partial charge in [-0.3, -0.25) is 0 Å². The van der Waals surface area contributed by atoms with Crippen LogP contribution in [0.15, 0.2) is 0 Å². The van der Waals surface area contributed by atoms with E-state index in [4.69, 9.17) is 4.74 Å². The van der Waals surface area contributed by atoms with E-state index in [1.165, 1.54) is 38.5 Å². The molecule has 2 fully saturated rings. The van der Waals surface area contributed by atoms with E-state index in [0.29, 0.717) is 18.0 Å². The molecule has 0 bridgehead atoms. The summed E-state index contributed by atoms with van der Waals surface area (Å²) in [5, 5.41) is 6.91. The summed E-state index contributed by atoms with van der Waals surface area (Å²) in [4.78, 5) is 11.9. The van der Waals surface area contributed by atoms with Crippen molar-refractivity contribution >= 4 is 6.09 Å². The maximum Gasteiger partial charge on any atom is 0.407 e. The maximum absolute atomic E-state index is 11.9. The van der Waals surface area contributed by atoms with Gasteiger partial charge in [0.1, 0.15) is 5.60 Å². The van der Waals surface area contributed by atoms with Crippen LogP contribution in [0.1, 0.15) is 73.1 Å². The number of hydrogen-bond acceptors (Lipinski definition) is 3. The zero-order valence-electron chi connectivity index (χ0n) is 15.7. The quantitative estimate of drug-likeness (QED) is 0.819. The van der Waals surface area contributed by atoms with Crippen LogP contribution in [0.5, 0.6) is 0 Å². The Hall–Kier alpha value is -0.770. The minimum absolute atomic E-state index is 0.287. The van der Waals surface area contributed by atoms with Gasteiger partial charge < -0.3 is 15.4 Å². The van der Waals surface area contributed by atoms with Crippen molar-refractivity contribution in [3.8, 4) is 0 Å². The fraction of sp³-hybridized carbons (Fsp3) is 0.947. The van der Waals surface area contributed by atoms with Crippen LogP contribution in [0.2, 0.25) is 0 Å². The third-order valence-electron chi connectivity index (χ3n) is 5.71. The van der Waals surface area contributed by atoms with E-state index in [-0.39, 0.29) is 6.09 Å². The van der Waals surface area contributed by atoms with Crippen molar-refractivity contribution < 1.29 is 9.53 Å². The van der Waals surface area contributed by atoms with Crippen molar-refractivity contribution in [3.05, 3.63) is 0 Å². The first kappa shape index (κ1) is 18.6. The van der Waals surface area contributed by atoms with E-state index in [0.717, 1.165) is 18.4 Å². The summed E-state index contributed by atoms with van der Waals surface area (Å²) in [6.07, 6.45) is 7.36. The molecular formula is C19H36N2O2. The first-order valence-corrected chi connectivity index (χ1v) is 9.49. The number of nitrogens with one attached hydrogen (secondary N) is 2. The van der Waals surface area contributed by atoms with E-state index >= 15 is 0 Å². The summed E-state index contributed by atoms with van der Waals surface area (Å²) in [5.74, 6) is 2.12. The molecule has 0 spiro atoms. The van der Waals surface area contributed by atoms with Crippen molar-refractivity contribution in [1.82, 2.24) is 10.6 Å². The van der Waals surface area contributed by atoms with Crippen LogP contribution in [0, 0.1) is 17.8 Å². The van der Waals surface area contributed by atoms with Crippen LogP contribution in [-0.2, 0) is 4.74 Å². The SMILES string of the molecule is CC1CCC(NC2CCCCC2CNC(=O)OC(C)(C)C)C1C. The monoisotopic (exact) mass is 324 g/mol. The number of carbonyl (C=O) groups is 1. The molecule has 0 saturated heterocycles. The molecular weight excluding hydrogens is 288 g/mol. The van der Waals surface area contributed by atoms with Crippen molar-refractivity contribution in [2.75, 3.05) is 6.54 Å². The van der Waals surface area contributed by atoms with Gasteiger partial charge in [-0.05, 0) is 64.2 Å². The van der Waals surface area contributed by atoms with Crippen LogP contribution >= 0.6 is 0 Å². The zero-order chi connectivity index (χ0) is 17.0. The van der Waals surface area contributed by atoms with Crippen LogP contribution in [-0.4, -0.2) is 30.3 Å². The summed E-state index contributed by atoms with van der Waals surface area (Å²) < 4.78 is 5.36. The molecule has 134 valence electrons. The Morgan fingerprint density at radius 3 is 2.35 bits per heavy atom. The van der Waals surface area contributed by atoms with Gasteiger partial charge in [0, 0.05) is 18.6 Å². The summed E-state index contributed by atoms with van der Waals surface area (Å²) in [6.45, 7) is 11.2. The van der Waals surface area contributed by atoms with Gasteiger partial charge in [0.2, 0.25) is 0 Å². The van der Waals surface area contributed by atoms with Gasteiger partial charge >= 0.3 is 6.09 Å². The lowest BCUT2D eigenvalue weighted by Gasteiger charge is -2.36. The van der Waals surface area contributed by atoms with Crippen LogP contribution in [0.4, 0.5) is 4.79 Å². The van der Waals surface area contributed by atoms with Crippen molar-refractivity contribution in [2.24, 2.45) is 17.8 Å². The highest BCUT2D eigenvalue weighted by molar-refractivity contribution is 5.67. The smallest absolute Gasteiger partial charge is 0.407 e. The first-order valence-electron chi connectivity index (χ1n) is 9.49. The van der Waals surface area contributed by atoms with E-state index in [2.05, 4.69) is 24.5 Å². The minimum Gasteiger partial charge on any atom is -0.444 e. The Morgan fingerprint density at radius 2 is 1.74 bits per heavy atom. The van der Waals surface area contributed by atoms with Crippen LogP contribution in [0.3, 0.4) is 0 Å². The minimum atomic E-state index is -0.427. The average molecular weight is 325 g/mol. The summed E-state index contributed by atoms with van der Waals surface area (Å²) in [6, 6.07) is 1.19. The Labute approximate surface area is 142 Å².